The van der Waals surface area contributed by atoms with Gasteiger partial charge in [-0.2, -0.15) is 0 Å². The van der Waals surface area contributed by atoms with Crippen molar-refractivity contribution in [1.29, 1.82) is 0 Å². The van der Waals surface area contributed by atoms with E-state index in [1.807, 2.05) is 0 Å². The lowest BCUT2D eigenvalue weighted by Crippen LogP contribution is -2.13. The predicted octanol–water partition coefficient (Wildman–Crippen LogP) is 2.15. The molecule has 0 aliphatic rings. The van der Waals surface area contributed by atoms with Crippen LogP contribution in [0.5, 0.6) is 5.75 Å². The molecular formula is C12H15N3O3S2. The molecule has 0 saturated heterocycles. The number of nitrogens with two attached hydrogens (primary N) is 1. The van der Waals surface area contributed by atoms with Gasteiger partial charge < -0.3 is 10.5 Å². The molecule has 6 nitrogen and oxygen atoms in total. The summed E-state index contributed by atoms with van der Waals surface area (Å²) in [5.74, 6) is 0.670. The summed E-state index contributed by atoms with van der Waals surface area (Å²) in [5.41, 5.74) is 7.19. The number of rotatable bonds is 4. The number of nitrogens with one attached hydrogen (secondary N) is 1. The highest BCUT2D eigenvalue weighted by Crippen LogP contribution is 2.29. The van der Waals surface area contributed by atoms with Gasteiger partial charge in [0.2, 0.25) is 0 Å². The lowest BCUT2D eigenvalue weighted by molar-refractivity contribution is 0.414. The second-order valence-corrected chi connectivity index (χ2v) is 7.12. The second kappa shape index (κ2) is 5.29. The first-order valence-electron chi connectivity index (χ1n) is 5.74. The Morgan fingerprint density at radius 1 is 1.35 bits per heavy atom. The normalized spacial score (nSPS) is 11.3. The lowest BCUT2D eigenvalue weighted by atomic mass is 10.2. The van der Waals surface area contributed by atoms with E-state index in [1.54, 1.807) is 39.2 Å². The van der Waals surface area contributed by atoms with Gasteiger partial charge in [0.1, 0.15) is 5.75 Å². The Morgan fingerprint density at radius 2 is 2.05 bits per heavy atom. The van der Waals surface area contributed by atoms with Gasteiger partial charge in [0, 0.05) is 0 Å². The van der Waals surface area contributed by atoms with Crippen molar-refractivity contribution in [1.82, 2.24) is 4.98 Å². The van der Waals surface area contributed by atoms with Crippen molar-refractivity contribution >= 4 is 32.2 Å². The van der Waals surface area contributed by atoms with Crippen LogP contribution < -0.4 is 15.2 Å². The van der Waals surface area contributed by atoms with Crippen molar-refractivity contribution in [3.05, 3.63) is 29.5 Å². The van der Waals surface area contributed by atoms with Crippen LogP contribution in [0.15, 0.2) is 22.4 Å². The van der Waals surface area contributed by atoms with Crippen LogP contribution in [-0.2, 0) is 10.0 Å². The van der Waals surface area contributed by atoms with Crippen molar-refractivity contribution in [3.8, 4) is 5.75 Å². The maximum atomic E-state index is 12.3. The van der Waals surface area contributed by atoms with Crippen LogP contribution in [0.4, 0.5) is 10.8 Å². The average molecular weight is 313 g/mol. The number of nitrogen functional groups attached to an aromatic ring is 1. The molecule has 0 saturated carbocycles. The molecular weight excluding hydrogens is 298 g/mol. The highest BCUT2D eigenvalue weighted by molar-refractivity contribution is 7.94. The number of benzene rings is 1. The molecule has 0 radical (unpaired) electrons. The number of aryl methyl sites for hydroxylation is 2. The lowest BCUT2D eigenvalue weighted by Gasteiger charge is -2.10. The number of anilines is 2. The molecule has 0 bridgehead atoms. The largest absolute Gasteiger partial charge is 0.497 e. The highest BCUT2D eigenvalue weighted by atomic mass is 32.2. The maximum Gasteiger partial charge on any atom is 0.273 e. The third-order valence-corrected chi connectivity index (χ3v) is 5.65. The van der Waals surface area contributed by atoms with Crippen LogP contribution in [0.1, 0.15) is 11.3 Å². The molecule has 2 aromatic rings. The summed E-state index contributed by atoms with van der Waals surface area (Å²) < 4.78 is 32.4. The first kappa shape index (κ1) is 14.6. The molecule has 2 rings (SSSR count). The number of nitrogens with zero attached hydrogens (tertiary/aromatic N) is 1. The molecule has 1 heterocycles. The Hall–Kier alpha value is -1.80. The predicted molar refractivity (Wildman–Crippen MR) is 79.8 cm³/mol. The molecule has 0 spiro atoms. The van der Waals surface area contributed by atoms with E-state index in [0.717, 1.165) is 16.9 Å². The summed E-state index contributed by atoms with van der Waals surface area (Å²) in [4.78, 5) is 3.93. The van der Waals surface area contributed by atoms with Crippen LogP contribution in [0.3, 0.4) is 0 Å². The molecule has 1 aromatic heterocycles. The van der Waals surface area contributed by atoms with Crippen molar-refractivity contribution < 1.29 is 13.2 Å². The SMILES string of the molecule is COc1ccc(NS(=O)(=O)c2sc(N)nc2C)c(C)c1. The van der Waals surface area contributed by atoms with Gasteiger partial charge in [0.25, 0.3) is 10.0 Å². The van der Waals surface area contributed by atoms with Gasteiger partial charge in [-0.25, -0.2) is 13.4 Å². The van der Waals surface area contributed by atoms with Gasteiger partial charge in [0.15, 0.2) is 9.34 Å². The average Bonchev–Trinajstić information content (AvgIpc) is 2.71. The summed E-state index contributed by atoms with van der Waals surface area (Å²) in [6, 6.07) is 5.11. The summed E-state index contributed by atoms with van der Waals surface area (Å²) >= 11 is 0.946. The fraction of sp³-hybridized carbons (Fsp3) is 0.250. The zero-order valence-corrected chi connectivity index (χ0v) is 12.9. The van der Waals surface area contributed by atoms with Gasteiger partial charge in [0.05, 0.1) is 18.5 Å². The standard InChI is InChI=1S/C12H15N3O3S2/c1-7-6-9(18-3)4-5-10(7)15-20(16,17)11-8(2)14-12(13)19-11/h4-6,15H,1-3H3,(H2,13,14). The molecule has 0 amide bonds. The van der Waals surface area contributed by atoms with Crippen LogP contribution in [0.2, 0.25) is 0 Å². The first-order chi connectivity index (χ1) is 9.33. The Morgan fingerprint density at radius 3 is 2.55 bits per heavy atom. The highest BCUT2D eigenvalue weighted by Gasteiger charge is 2.22. The molecule has 108 valence electrons. The van der Waals surface area contributed by atoms with Crippen LogP contribution >= 0.6 is 11.3 Å². The number of aromatic nitrogens is 1. The van der Waals surface area contributed by atoms with Gasteiger partial charge >= 0.3 is 0 Å². The molecule has 8 heteroatoms. The Balaban J connectivity index is 2.36. The minimum absolute atomic E-state index is 0.130. The minimum Gasteiger partial charge on any atom is -0.497 e. The van der Waals surface area contributed by atoms with E-state index in [4.69, 9.17) is 10.5 Å². The monoisotopic (exact) mass is 313 g/mol. The molecule has 0 aliphatic carbocycles. The number of methoxy groups -OCH3 is 1. The quantitative estimate of drug-likeness (QED) is 0.902. The van der Waals surface area contributed by atoms with Crippen LogP contribution in [-0.4, -0.2) is 20.5 Å². The third kappa shape index (κ3) is 2.86. The van der Waals surface area contributed by atoms with Crippen molar-refractivity contribution in [2.45, 2.75) is 18.1 Å². The smallest absolute Gasteiger partial charge is 0.273 e. The summed E-state index contributed by atoms with van der Waals surface area (Å²) in [7, 11) is -2.12. The summed E-state index contributed by atoms with van der Waals surface area (Å²) in [6.45, 7) is 3.41. The van der Waals surface area contributed by atoms with E-state index in [0.29, 0.717) is 17.1 Å². The van der Waals surface area contributed by atoms with Gasteiger partial charge in [-0.1, -0.05) is 11.3 Å². The van der Waals surface area contributed by atoms with E-state index in [2.05, 4.69) is 9.71 Å². The molecule has 20 heavy (non-hydrogen) atoms. The first-order valence-corrected chi connectivity index (χ1v) is 8.04. The van der Waals surface area contributed by atoms with E-state index in [-0.39, 0.29) is 9.34 Å². The zero-order chi connectivity index (χ0) is 14.9. The van der Waals surface area contributed by atoms with Crippen LogP contribution in [0.25, 0.3) is 0 Å². The molecule has 0 aliphatic heterocycles. The molecule has 0 fully saturated rings. The van der Waals surface area contributed by atoms with Gasteiger partial charge in [-0.05, 0) is 37.6 Å². The summed E-state index contributed by atoms with van der Waals surface area (Å²) in [5, 5.41) is 0.231. The molecule has 0 atom stereocenters. The van der Waals surface area contributed by atoms with Crippen molar-refractivity contribution in [2.24, 2.45) is 0 Å². The van der Waals surface area contributed by atoms with E-state index >= 15 is 0 Å². The Labute approximate surface area is 121 Å². The maximum absolute atomic E-state index is 12.3. The van der Waals surface area contributed by atoms with E-state index < -0.39 is 10.0 Å². The fourth-order valence-corrected chi connectivity index (χ4v) is 4.15. The number of hydrogen-bond acceptors (Lipinski definition) is 6. The third-order valence-electron chi connectivity index (χ3n) is 2.69. The number of thiazole rings is 1. The fourth-order valence-electron chi connectivity index (χ4n) is 1.72. The molecule has 0 unspecified atom stereocenters. The van der Waals surface area contributed by atoms with Crippen molar-refractivity contribution in [3.63, 3.8) is 0 Å². The zero-order valence-electron chi connectivity index (χ0n) is 11.3. The summed E-state index contributed by atoms with van der Waals surface area (Å²) in [6.07, 6.45) is 0. The number of sulfonamides is 1. The van der Waals surface area contributed by atoms with E-state index in [9.17, 15) is 8.42 Å². The van der Waals surface area contributed by atoms with Crippen LogP contribution in [0, 0.1) is 13.8 Å². The number of hydrogen-bond donors (Lipinski definition) is 2. The topological polar surface area (TPSA) is 94.3 Å². The van der Waals surface area contributed by atoms with Crippen molar-refractivity contribution in [2.75, 3.05) is 17.6 Å². The minimum atomic E-state index is -3.68. The Bertz CT molecular complexity index is 738. The molecule has 1 aromatic carbocycles. The number of ether oxygens (including phenoxy) is 1. The van der Waals surface area contributed by atoms with Gasteiger partial charge in [-0.15, -0.1) is 0 Å². The van der Waals surface area contributed by atoms with Gasteiger partial charge in [-0.3, -0.25) is 4.72 Å². The molecule has 3 N–H and O–H groups in total. The van der Waals surface area contributed by atoms with E-state index in [1.165, 1.54) is 0 Å². The Kier molecular flexibility index (Phi) is 3.87. The second-order valence-electron chi connectivity index (χ2n) is 4.21.